The lowest BCUT2D eigenvalue weighted by Crippen LogP contribution is -2.31. The molecule has 2 heterocycles. The molecule has 1 unspecified atom stereocenters. The molecular weight excluding hydrogens is 250 g/mol. The number of hydrogen-bond acceptors (Lipinski definition) is 4. The number of aromatic carboxylic acids is 1. The molecule has 1 aliphatic heterocycles. The maximum Gasteiger partial charge on any atom is 0.410 e. The zero-order valence-electron chi connectivity index (χ0n) is 10.3. The summed E-state index contributed by atoms with van der Waals surface area (Å²) in [5.74, 6) is -1.10. The summed E-state index contributed by atoms with van der Waals surface area (Å²) in [4.78, 5) is 24.2. The Balaban J connectivity index is 2.11. The predicted molar refractivity (Wildman–Crippen MR) is 65.8 cm³/mol. The normalized spacial score (nSPS) is 18.3. The van der Waals surface area contributed by atoms with Gasteiger partial charge in [-0.1, -0.05) is 12.7 Å². The van der Waals surface area contributed by atoms with Gasteiger partial charge in [0.25, 0.3) is 0 Å². The number of rotatable bonds is 4. The summed E-state index contributed by atoms with van der Waals surface area (Å²) < 4.78 is 5.00. The molecule has 2 rings (SSSR count). The van der Waals surface area contributed by atoms with Crippen molar-refractivity contribution in [2.75, 3.05) is 13.2 Å². The number of likely N-dealkylation sites (tertiary alicyclic amines) is 1. The number of H-pyrrole nitrogens is 1. The first-order valence-corrected chi connectivity index (χ1v) is 5.96. The Morgan fingerprint density at radius 2 is 2.47 bits per heavy atom. The molecule has 19 heavy (non-hydrogen) atoms. The first-order valence-electron chi connectivity index (χ1n) is 5.96. The summed E-state index contributed by atoms with van der Waals surface area (Å²) in [7, 11) is 0. The Bertz CT molecular complexity index is 497. The molecule has 7 heteroatoms. The largest absolute Gasteiger partial charge is 0.476 e. The highest BCUT2D eigenvalue weighted by atomic mass is 16.6. The molecule has 0 spiro atoms. The van der Waals surface area contributed by atoms with Crippen molar-refractivity contribution in [3.63, 3.8) is 0 Å². The van der Waals surface area contributed by atoms with Gasteiger partial charge < -0.3 is 9.84 Å². The topological polar surface area (TPSA) is 95.5 Å². The molecule has 1 fully saturated rings. The first kappa shape index (κ1) is 13.1. The molecule has 102 valence electrons. The number of nitrogens with one attached hydrogen (secondary N) is 1. The lowest BCUT2D eigenvalue weighted by atomic mass is 10.1. The molecule has 2 N–H and O–H groups in total. The third kappa shape index (κ3) is 2.75. The van der Waals surface area contributed by atoms with E-state index >= 15 is 0 Å². The Kier molecular flexibility index (Phi) is 3.84. The summed E-state index contributed by atoms with van der Waals surface area (Å²) in [5, 5.41) is 15.2. The van der Waals surface area contributed by atoms with Crippen LogP contribution in [0.4, 0.5) is 4.79 Å². The van der Waals surface area contributed by atoms with E-state index in [1.54, 1.807) is 4.90 Å². The van der Waals surface area contributed by atoms with Crippen LogP contribution in [-0.4, -0.2) is 45.4 Å². The quantitative estimate of drug-likeness (QED) is 0.805. The smallest absolute Gasteiger partial charge is 0.410 e. The highest BCUT2D eigenvalue weighted by Crippen LogP contribution is 2.31. The van der Waals surface area contributed by atoms with Gasteiger partial charge in [0.2, 0.25) is 0 Å². The average Bonchev–Trinajstić information content (AvgIpc) is 3.02. The third-order valence-electron chi connectivity index (χ3n) is 2.99. The van der Waals surface area contributed by atoms with Gasteiger partial charge in [-0.2, -0.15) is 5.10 Å². The van der Waals surface area contributed by atoms with E-state index in [2.05, 4.69) is 16.8 Å². The Morgan fingerprint density at radius 3 is 3.11 bits per heavy atom. The summed E-state index contributed by atoms with van der Waals surface area (Å²) in [6.07, 6.45) is 2.68. The Labute approximate surface area is 109 Å². The van der Waals surface area contributed by atoms with E-state index in [9.17, 15) is 9.59 Å². The maximum atomic E-state index is 11.8. The fraction of sp³-hybridized carbons (Fsp3) is 0.417. The molecule has 1 saturated heterocycles. The van der Waals surface area contributed by atoms with Crippen LogP contribution in [0.3, 0.4) is 0 Å². The summed E-state index contributed by atoms with van der Waals surface area (Å²) in [6.45, 7) is 4.23. The first-order chi connectivity index (χ1) is 9.13. The average molecular weight is 265 g/mol. The third-order valence-corrected chi connectivity index (χ3v) is 2.99. The summed E-state index contributed by atoms with van der Waals surface area (Å²) in [5.41, 5.74) is 0.562. The molecular formula is C12H15N3O4. The van der Waals surface area contributed by atoms with Crippen LogP contribution in [-0.2, 0) is 4.74 Å². The van der Waals surface area contributed by atoms with E-state index < -0.39 is 12.1 Å². The highest BCUT2D eigenvalue weighted by Gasteiger charge is 2.32. The molecule has 1 aliphatic rings. The number of nitrogens with zero attached hydrogens (tertiary/aromatic N) is 2. The molecule has 1 aromatic heterocycles. The SMILES string of the molecule is C=CCOC(=O)N1CCCC1c1cc(C(=O)O)n[nH]1. The van der Waals surface area contributed by atoms with Gasteiger partial charge in [-0.15, -0.1) is 0 Å². The molecule has 0 bridgehead atoms. The number of ether oxygens (including phenoxy) is 1. The number of carboxylic acids is 1. The van der Waals surface area contributed by atoms with Gasteiger partial charge in [0.1, 0.15) is 6.61 Å². The second kappa shape index (κ2) is 5.55. The number of amides is 1. The van der Waals surface area contributed by atoms with Crippen molar-refractivity contribution in [2.24, 2.45) is 0 Å². The second-order valence-corrected chi connectivity index (χ2v) is 4.23. The van der Waals surface area contributed by atoms with Gasteiger partial charge in [-0.25, -0.2) is 9.59 Å². The van der Waals surface area contributed by atoms with Gasteiger partial charge in [0.05, 0.1) is 11.7 Å². The summed E-state index contributed by atoms with van der Waals surface area (Å²) >= 11 is 0. The van der Waals surface area contributed by atoms with Crippen molar-refractivity contribution in [1.82, 2.24) is 15.1 Å². The Morgan fingerprint density at radius 1 is 1.68 bits per heavy atom. The number of aromatic nitrogens is 2. The predicted octanol–water partition coefficient (Wildman–Crippen LogP) is 1.57. The van der Waals surface area contributed by atoms with Gasteiger partial charge >= 0.3 is 12.1 Å². The number of aromatic amines is 1. The van der Waals surface area contributed by atoms with Crippen LogP contribution in [0, 0.1) is 0 Å². The van der Waals surface area contributed by atoms with Gasteiger partial charge in [-0.05, 0) is 18.9 Å². The van der Waals surface area contributed by atoms with E-state index in [-0.39, 0.29) is 18.3 Å². The maximum absolute atomic E-state index is 11.8. The highest BCUT2D eigenvalue weighted by molar-refractivity contribution is 5.85. The molecule has 0 aromatic carbocycles. The zero-order chi connectivity index (χ0) is 13.8. The zero-order valence-corrected chi connectivity index (χ0v) is 10.3. The number of hydrogen-bond donors (Lipinski definition) is 2. The number of carbonyl (C=O) groups excluding carboxylic acids is 1. The monoisotopic (exact) mass is 265 g/mol. The molecule has 0 aliphatic carbocycles. The van der Waals surface area contributed by atoms with Crippen molar-refractivity contribution < 1.29 is 19.4 Å². The van der Waals surface area contributed by atoms with Crippen LogP contribution in [0.25, 0.3) is 0 Å². The van der Waals surface area contributed by atoms with Crippen molar-refractivity contribution in [1.29, 1.82) is 0 Å². The Hall–Kier alpha value is -2.31. The van der Waals surface area contributed by atoms with Crippen molar-refractivity contribution >= 4 is 12.1 Å². The molecule has 1 atom stereocenters. The van der Waals surface area contributed by atoms with Crippen LogP contribution >= 0.6 is 0 Å². The summed E-state index contributed by atoms with van der Waals surface area (Å²) in [6, 6.07) is 1.24. The standard InChI is InChI=1S/C12H15N3O4/c1-2-6-19-12(18)15-5-3-4-10(15)8-7-9(11(16)17)14-13-8/h2,7,10H,1,3-6H2,(H,13,14)(H,16,17). The molecule has 1 amide bonds. The van der Waals surface area contributed by atoms with Crippen LogP contribution in [0.1, 0.15) is 35.1 Å². The van der Waals surface area contributed by atoms with Crippen molar-refractivity contribution in [2.45, 2.75) is 18.9 Å². The van der Waals surface area contributed by atoms with Gasteiger partial charge in [-0.3, -0.25) is 10.00 Å². The second-order valence-electron chi connectivity index (χ2n) is 4.23. The molecule has 1 aromatic rings. The van der Waals surface area contributed by atoms with E-state index in [0.29, 0.717) is 12.2 Å². The minimum atomic E-state index is -1.10. The fourth-order valence-electron chi connectivity index (χ4n) is 2.14. The van der Waals surface area contributed by atoms with Gasteiger partial charge in [0.15, 0.2) is 5.69 Å². The van der Waals surface area contributed by atoms with E-state index in [4.69, 9.17) is 9.84 Å². The van der Waals surface area contributed by atoms with Crippen molar-refractivity contribution in [3.8, 4) is 0 Å². The molecule has 7 nitrogen and oxygen atoms in total. The van der Waals surface area contributed by atoms with E-state index in [1.165, 1.54) is 12.1 Å². The lowest BCUT2D eigenvalue weighted by Gasteiger charge is -2.22. The molecule has 0 saturated carbocycles. The van der Waals surface area contributed by atoms with Crippen LogP contribution < -0.4 is 0 Å². The van der Waals surface area contributed by atoms with Gasteiger partial charge in [0, 0.05) is 6.54 Å². The lowest BCUT2D eigenvalue weighted by molar-refractivity contribution is 0.0690. The number of carboxylic acid groups (broad SMARTS) is 1. The minimum Gasteiger partial charge on any atom is -0.476 e. The van der Waals surface area contributed by atoms with Crippen molar-refractivity contribution in [3.05, 3.63) is 30.1 Å². The fourth-order valence-corrected chi connectivity index (χ4v) is 2.14. The van der Waals surface area contributed by atoms with E-state index in [1.807, 2.05) is 0 Å². The van der Waals surface area contributed by atoms with Crippen LogP contribution in [0.2, 0.25) is 0 Å². The minimum absolute atomic E-state index is 0.0543. The van der Waals surface area contributed by atoms with Crippen LogP contribution in [0.15, 0.2) is 18.7 Å². The number of carbonyl (C=O) groups is 2. The van der Waals surface area contributed by atoms with Crippen LogP contribution in [0.5, 0.6) is 0 Å². The van der Waals surface area contributed by atoms with E-state index in [0.717, 1.165) is 12.8 Å². The molecule has 0 radical (unpaired) electrons.